The Kier molecular flexibility index (Phi) is 6.07. The number of carbonyl (C=O) groups excluding carboxylic acids is 1. The zero-order valence-electron chi connectivity index (χ0n) is 13.9. The van der Waals surface area contributed by atoms with Gasteiger partial charge in [-0.2, -0.15) is 0 Å². The van der Waals surface area contributed by atoms with E-state index in [0.29, 0.717) is 11.5 Å². The van der Waals surface area contributed by atoms with Crippen LogP contribution in [0.15, 0.2) is 54.6 Å². The molecule has 0 unspecified atom stereocenters. The first-order valence-corrected chi connectivity index (χ1v) is 8.04. The maximum Gasteiger partial charge on any atom is 0.273 e. The molecule has 2 rings (SSSR count). The number of benzene rings is 2. The Balaban J connectivity index is 2.12. The maximum absolute atomic E-state index is 12.4. The fraction of sp³-hybridized carbons (Fsp3) is 0.316. The summed E-state index contributed by atoms with van der Waals surface area (Å²) in [7, 11) is 0. The van der Waals surface area contributed by atoms with Gasteiger partial charge in [-0.05, 0) is 17.9 Å². The van der Waals surface area contributed by atoms with Crippen LogP contribution < -0.4 is 5.32 Å². The van der Waals surface area contributed by atoms with Gasteiger partial charge in [-0.3, -0.25) is 14.9 Å². The van der Waals surface area contributed by atoms with Gasteiger partial charge >= 0.3 is 0 Å². The average molecular weight is 326 g/mol. The van der Waals surface area contributed by atoms with Crippen molar-refractivity contribution in [3.8, 4) is 0 Å². The number of amides is 1. The Morgan fingerprint density at radius 2 is 1.71 bits per heavy atom. The highest BCUT2D eigenvalue weighted by Gasteiger charge is 2.19. The van der Waals surface area contributed by atoms with Crippen LogP contribution >= 0.6 is 0 Å². The molecule has 5 heteroatoms. The number of hydrogen-bond donors (Lipinski definition) is 1. The van der Waals surface area contributed by atoms with Crippen molar-refractivity contribution in [1.82, 2.24) is 5.32 Å². The molecule has 0 aliphatic rings. The lowest BCUT2D eigenvalue weighted by Gasteiger charge is -2.21. The average Bonchev–Trinajstić information content (AvgIpc) is 2.55. The molecule has 0 saturated carbocycles. The Morgan fingerprint density at radius 1 is 1.08 bits per heavy atom. The normalized spacial score (nSPS) is 12.0. The molecule has 1 atom stereocenters. The number of nitrogens with one attached hydrogen (secondary N) is 1. The number of nitro benzene ring substituents is 1. The fourth-order valence-electron chi connectivity index (χ4n) is 2.69. The van der Waals surface area contributed by atoms with Crippen LogP contribution in [0.25, 0.3) is 0 Å². The summed E-state index contributed by atoms with van der Waals surface area (Å²) >= 11 is 0. The van der Waals surface area contributed by atoms with Crippen molar-refractivity contribution >= 4 is 11.6 Å². The van der Waals surface area contributed by atoms with Gasteiger partial charge in [0, 0.05) is 11.6 Å². The molecule has 1 amide bonds. The molecule has 0 fully saturated rings. The molecule has 0 aromatic heterocycles. The molecule has 0 heterocycles. The second-order valence-corrected chi connectivity index (χ2v) is 6.22. The molecule has 0 aliphatic heterocycles. The van der Waals surface area contributed by atoms with Gasteiger partial charge in [0.05, 0.1) is 17.4 Å². The summed E-state index contributed by atoms with van der Waals surface area (Å²) < 4.78 is 0. The number of para-hydroxylation sites is 1. The second kappa shape index (κ2) is 8.24. The van der Waals surface area contributed by atoms with Gasteiger partial charge in [0.1, 0.15) is 0 Å². The van der Waals surface area contributed by atoms with Crippen molar-refractivity contribution in [2.45, 2.75) is 32.7 Å². The van der Waals surface area contributed by atoms with E-state index >= 15 is 0 Å². The van der Waals surface area contributed by atoms with Gasteiger partial charge < -0.3 is 5.32 Å². The summed E-state index contributed by atoms with van der Waals surface area (Å²) in [6.07, 6.45) is 0.811. The highest BCUT2D eigenvalue weighted by molar-refractivity contribution is 5.80. The monoisotopic (exact) mass is 326 g/mol. The lowest BCUT2D eigenvalue weighted by atomic mass is 9.96. The molecular formula is C19H22N2O3. The molecule has 1 N–H and O–H groups in total. The molecule has 126 valence electrons. The second-order valence-electron chi connectivity index (χ2n) is 6.22. The standard InChI is InChI=1S/C19H22N2O3/c1-14(2)12-17(15-8-4-3-5-9-15)20-19(22)13-16-10-6-7-11-18(16)21(23)24/h3-11,14,17H,12-13H2,1-2H3,(H,20,22)/t17-/m1/s1. The van der Waals surface area contributed by atoms with Crippen LogP contribution in [0, 0.1) is 16.0 Å². The third kappa shape index (κ3) is 4.91. The highest BCUT2D eigenvalue weighted by Crippen LogP contribution is 2.22. The molecule has 0 bridgehead atoms. The summed E-state index contributed by atoms with van der Waals surface area (Å²) in [6, 6.07) is 16.0. The van der Waals surface area contributed by atoms with E-state index in [1.807, 2.05) is 30.3 Å². The van der Waals surface area contributed by atoms with Gasteiger partial charge in [0.15, 0.2) is 0 Å². The van der Waals surface area contributed by atoms with Crippen molar-refractivity contribution in [3.05, 3.63) is 75.8 Å². The predicted molar refractivity (Wildman–Crippen MR) is 93.6 cm³/mol. The van der Waals surface area contributed by atoms with Crippen LogP contribution in [0.1, 0.15) is 37.4 Å². The number of carbonyl (C=O) groups is 1. The first-order chi connectivity index (χ1) is 11.5. The van der Waals surface area contributed by atoms with Gasteiger partial charge in [-0.15, -0.1) is 0 Å². The summed E-state index contributed by atoms with van der Waals surface area (Å²) in [5.41, 5.74) is 1.45. The minimum absolute atomic E-state index is 0.00141. The van der Waals surface area contributed by atoms with E-state index in [-0.39, 0.29) is 24.1 Å². The topological polar surface area (TPSA) is 72.2 Å². The van der Waals surface area contributed by atoms with E-state index in [0.717, 1.165) is 12.0 Å². The molecular weight excluding hydrogens is 304 g/mol. The Labute approximate surface area is 141 Å². The smallest absolute Gasteiger partial charge is 0.273 e. The largest absolute Gasteiger partial charge is 0.349 e. The summed E-state index contributed by atoms with van der Waals surface area (Å²) in [4.78, 5) is 23.0. The molecule has 2 aromatic rings. The van der Waals surface area contributed by atoms with Crippen LogP contribution in [0.3, 0.4) is 0 Å². The molecule has 24 heavy (non-hydrogen) atoms. The van der Waals surface area contributed by atoms with Crippen molar-refractivity contribution in [2.24, 2.45) is 5.92 Å². The Hall–Kier alpha value is -2.69. The van der Waals surface area contributed by atoms with Crippen molar-refractivity contribution in [3.63, 3.8) is 0 Å². The maximum atomic E-state index is 12.4. The van der Waals surface area contributed by atoms with Gasteiger partial charge in [0.25, 0.3) is 5.69 Å². The van der Waals surface area contributed by atoms with Crippen molar-refractivity contribution in [1.29, 1.82) is 0 Å². The third-order valence-corrected chi connectivity index (χ3v) is 3.78. The number of nitrogens with zero attached hydrogens (tertiary/aromatic N) is 1. The number of nitro groups is 1. The first-order valence-electron chi connectivity index (χ1n) is 8.04. The van der Waals surface area contributed by atoms with Crippen molar-refractivity contribution in [2.75, 3.05) is 0 Å². The number of rotatable bonds is 7. The SMILES string of the molecule is CC(C)C[C@@H](NC(=O)Cc1ccccc1[N+](=O)[O-])c1ccccc1. The summed E-state index contributed by atoms with van der Waals surface area (Å²) in [5.74, 6) is 0.209. The Bertz CT molecular complexity index is 699. The van der Waals surface area contributed by atoms with E-state index in [9.17, 15) is 14.9 Å². The molecule has 0 aliphatic carbocycles. The zero-order valence-corrected chi connectivity index (χ0v) is 13.9. The van der Waals surface area contributed by atoms with Crippen LogP contribution in [0.5, 0.6) is 0 Å². The lowest BCUT2D eigenvalue weighted by molar-refractivity contribution is -0.385. The van der Waals surface area contributed by atoms with Gasteiger partial charge in [0.2, 0.25) is 5.91 Å². The first kappa shape index (κ1) is 17.7. The fourth-order valence-corrected chi connectivity index (χ4v) is 2.69. The summed E-state index contributed by atoms with van der Waals surface area (Å²) in [6.45, 7) is 4.20. The number of hydrogen-bond acceptors (Lipinski definition) is 3. The lowest BCUT2D eigenvalue weighted by Crippen LogP contribution is -2.30. The molecule has 0 saturated heterocycles. The minimum Gasteiger partial charge on any atom is -0.349 e. The summed E-state index contributed by atoms with van der Waals surface area (Å²) in [5, 5.41) is 14.1. The van der Waals surface area contributed by atoms with Gasteiger partial charge in [-0.25, -0.2) is 0 Å². The Morgan fingerprint density at radius 3 is 2.33 bits per heavy atom. The minimum atomic E-state index is -0.453. The quantitative estimate of drug-likeness (QED) is 0.616. The van der Waals surface area contributed by atoms with Crippen LogP contribution in [-0.2, 0) is 11.2 Å². The molecule has 0 radical (unpaired) electrons. The van der Waals surface area contributed by atoms with E-state index in [1.54, 1.807) is 18.2 Å². The van der Waals surface area contributed by atoms with E-state index in [4.69, 9.17) is 0 Å². The van der Waals surface area contributed by atoms with E-state index in [2.05, 4.69) is 19.2 Å². The molecule has 2 aromatic carbocycles. The molecule has 5 nitrogen and oxygen atoms in total. The van der Waals surface area contributed by atoms with Crippen molar-refractivity contribution < 1.29 is 9.72 Å². The van der Waals surface area contributed by atoms with E-state index in [1.165, 1.54) is 6.07 Å². The van der Waals surface area contributed by atoms with E-state index < -0.39 is 4.92 Å². The van der Waals surface area contributed by atoms with Crippen LogP contribution in [0.4, 0.5) is 5.69 Å². The van der Waals surface area contributed by atoms with Gasteiger partial charge in [-0.1, -0.05) is 62.4 Å². The third-order valence-electron chi connectivity index (χ3n) is 3.78. The van der Waals surface area contributed by atoms with Crippen LogP contribution in [-0.4, -0.2) is 10.8 Å². The van der Waals surface area contributed by atoms with Crippen LogP contribution in [0.2, 0.25) is 0 Å². The zero-order chi connectivity index (χ0) is 17.5. The predicted octanol–water partition coefficient (Wildman–Crippen LogP) is 4.04. The molecule has 0 spiro atoms. The highest BCUT2D eigenvalue weighted by atomic mass is 16.6.